The standard InChI is InChI=1S/C31H30N6O5S/c1-32-16-23-18-36(12-13-37(23)31(38)42-19-21-8-4-3-5-9-21)29-26-20-41-28(14-27(26)34-30(35-29)43(2,39)40)25-17-33-15-22-10-6-7-11-24(22)25/h3-11,15,17,23,28H,12-14,16,18-20H2,2H3/t23-,28?/m0/s1. The molecule has 6 rings (SSSR count). The summed E-state index contributed by atoms with van der Waals surface area (Å²) in [6.07, 6.45) is 4.16. The molecule has 1 fully saturated rings. The number of ether oxygens (including phenoxy) is 2. The van der Waals surface area contributed by atoms with Crippen molar-refractivity contribution < 1.29 is 22.7 Å². The number of rotatable bonds is 6. The lowest BCUT2D eigenvalue weighted by atomic mass is 9.96. The number of nitrogens with zero attached hydrogens (tertiary/aromatic N) is 6. The van der Waals surface area contributed by atoms with Crippen LogP contribution in [0.3, 0.4) is 0 Å². The predicted molar refractivity (Wildman–Crippen MR) is 159 cm³/mol. The van der Waals surface area contributed by atoms with Crippen LogP contribution in [0.4, 0.5) is 10.6 Å². The van der Waals surface area contributed by atoms with Crippen molar-refractivity contribution >= 4 is 32.5 Å². The lowest BCUT2D eigenvalue weighted by Gasteiger charge is -2.40. The van der Waals surface area contributed by atoms with Gasteiger partial charge in [0.1, 0.15) is 18.5 Å². The van der Waals surface area contributed by atoms with E-state index < -0.39 is 22.0 Å². The Morgan fingerprint density at radius 1 is 1.09 bits per heavy atom. The number of fused-ring (bicyclic) bond motifs is 2. The molecule has 0 N–H and O–H groups in total. The molecule has 12 heteroatoms. The highest BCUT2D eigenvalue weighted by Crippen LogP contribution is 2.37. The number of carbonyl (C=O) groups is 1. The van der Waals surface area contributed by atoms with Gasteiger partial charge in [-0.15, -0.1) is 0 Å². The van der Waals surface area contributed by atoms with Gasteiger partial charge in [-0.05, 0) is 10.9 Å². The number of carbonyl (C=O) groups excluding carboxylic acids is 1. The van der Waals surface area contributed by atoms with Crippen molar-refractivity contribution in [1.29, 1.82) is 0 Å². The number of piperazine rings is 1. The summed E-state index contributed by atoms with van der Waals surface area (Å²) in [6, 6.07) is 16.8. The van der Waals surface area contributed by atoms with E-state index in [4.69, 9.17) is 16.0 Å². The minimum atomic E-state index is -3.73. The van der Waals surface area contributed by atoms with E-state index in [-0.39, 0.29) is 44.1 Å². The quantitative estimate of drug-likeness (QED) is 0.240. The highest BCUT2D eigenvalue weighted by atomic mass is 32.2. The maximum atomic E-state index is 13.0. The number of amides is 1. The van der Waals surface area contributed by atoms with Crippen LogP contribution in [-0.2, 0) is 38.9 Å². The lowest BCUT2D eigenvalue weighted by molar-refractivity contribution is 0.0262. The molecule has 0 bridgehead atoms. The largest absolute Gasteiger partial charge is 0.445 e. The van der Waals surface area contributed by atoms with Crippen LogP contribution in [-0.4, -0.2) is 72.8 Å². The van der Waals surface area contributed by atoms with Crippen molar-refractivity contribution in [3.05, 3.63) is 101 Å². The highest BCUT2D eigenvalue weighted by Gasteiger charge is 2.37. The fraction of sp³-hybridized carbons (Fsp3) is 0.323. The Balaban J connectivity index is 1.27. The molecule has 2 aliphatic heterocycles. The number of hydrogen-bond acceptors (Lipinski definition) is 9. The number of sulfone groups is 1. The molecule has 2 aromatic heterocycles. The highest BCUT2D eigenvalue weighted by molar-refractivity contribution is 7.90. The van der Waals surface area contributed by atoms with Crippen molar-refractivity contribution in [1.82, 2.24) is 19.9 Å². The third-order valence-electron chi connectivity index (χ3n) is 7.76. The normalized spacial score (nSPS) is 18.6. The number of pyridine rings is 1. The molecule has 220 valence electrons. The first-order chi connectivity index (χ1) is 20.8. The summed E-state index contributed by atoms with van der Waals surface area (Å²) in [6.45, 7) is 8.82. The molecule has 0 saturated carbocycles. The Bertz CT molecular complexity index is 1810. The van der Waals surface area contributed by atoms with Crippen LogP contribution >= 0.6 is 0 Å². The molecule has 11 nitrogen and oxygen atoms in total. The first-order valence-corrected chi connectivity index (χ1v) is 15.8. The molecular formula is C31H30N6O5S. The fourth-order valence-corrected chi connectivity index (χ4v) is 6.13. The molecule has 0 aliphatic carbocycles. The molecule has 0 spiro atoms. The van der Waals surface area contributed by atoms with Gasteiger partial charge in [0.25, 0.3) is 0 Å². The molecule has 4 aromatic rings. The first kappa shape index (κ1) is 28.5. The summed E-state index contributed by atoms with van der Waals surface area (Å²) in [7, 11) is -3.73. The smallest absolute Gasteiger partial charge is 0.410 e. The summed E-state index contributed by atoms with van der Waals surface area (Å²) in [5.74, 6) is 0.451. The number of benzene rings is 2. The summed E-state index contributed by atoms with van der Waals surface area (Å²) in [5.41, 5.74) is 3.08. The molecule has 1 unspecified atom stereocenters. The Morgan fingerprint density at radius 3 is 2.67 bits per heavy atom. The minimum Gasteiger partial charge on any atom is -0.445 e. The Morgan fingerprint density at radius 2 is 1.88 bits per heavy atom. The summed E-state index contributed by atoms with van der Waals surface area (Å²) >= 11 is 0. The van der Waals surface area contributed by atoms with Crippen molar-refractivity contribution in [2.45, 2.75) is 36.9 Å². The third-order valence-corrected chi connectivity index (χ3v) is 8.61. The van der Waals surface area contributed by atoms with Crippen LogP contribution in [0.25, 0.3) is 15.6 Å². The van der Waals surface area contributed by atoms with Crippen LogP contribution in [0, 0.1) is 6.57 Å². The lowest BCUT2D eigenvalue weighted by Crippen LogP contribution is -2.57. The number of anilines is 1. The van der Waals surface area contributed by atoms with Gasteiger partial charge in [-0.2, -0.15) is 0 Å². The molecular weight excluding hydrogens is 568 g/mol. The van der Waals surface area contributed by atoms with Crippen molar-refractivity contribution in [3.63, 3.8) is 0 Å². The van der Waals surface area contributed by atoms with E-state index in [0.717, 1.165) is 28.2 Å². The average Bonchev–Trinajstić information content (AvgIpc) is 3.02. The van der Waals surface area contributed by atoms with Gasteiger partial charge in [-0.25, -0.2) is 29.8 Å². The van der Waals surface area contributed by atoms with E-state index in [9.17, 15) is 13.2 Å². The second-order valence-electron chi connectivity index (χ2n) is 10.7. The van der Waals surface area contributed by atoms with Crippen molar-refractivity contribution in [2.75, 3.05) is 37.3 Å². The molecule has 2 atom stereocenters. The molecule has 43 heavy (non-hydrogen) atoms. The van der Waals surface area contributed by atoms with Crippen LogP contribution < -0.4 is 4.90 Å². The third kappa shape index (κ3) is 6.00. The summed E-state index contributed by atoms with van der Waals surface area (Å²) < 4.78 is 37.3. The maximum absolute atomic E-state index is 13.0. The zero-order valence-corrected chi connectivity index (χ0v) is 24.4. The van der Waals surface area contributed by atoms with Gasteiger partial charge >= 0.3 is 6.09 Å². The number of aromatic nitrogens is 3. The molecule has 0 radical (unpaired) electrons. The van der Waals surface area contributed by atoms with Crippen LogP contribution in [0.2, 0.25) is 0 Å². The zero-order valence-electron chi connectivity index (χ0n) is 23.6. The second kappa shape index (κ2) is 11.9. The monoisotopic (exact) mass is 598 g/mol. The van der Waals surface area contributed by atoms with Crippen LogP contribution in [0.5, 0.6) is 0 Å². The van der Waals surface area contributed by atoms with Gasteiger partial charge in [-0.1, -0.05) is 54.6 Å². The van der Waals surface area contributed by atoms with Gasteiger partial charge < -0.3 is 19.2 Å². The van der Waals surface area contributed by atoms with E-state index in [0.29, 0.717) is 30.0 Å². The predicted octanol–water partition coefficient (Wildman–Crippen LogP) is 3.99. The molecule has 1 saturated heterocycles. The van der Waals surface area contributed by atoms with Gasteiger partial charge in [0.05, 0.1) is 18.4 Å². The molecule has 2 aliphatic rings. The molecule has 1 amide bonds. The van der Waals surface area contributed by atoms with Crippen molar-refractivity contribution in [3.8, 4) is 0 Å². The SMILES string of the molecule is [C-]#[N+]C[C@H]1CN(c2nc(S(C)(=O)=O)nc3c2COC(c2cncc4ccccc24)C3)CCN1C(=O)OCc1ccccc1. The van der Waals surface area contributed by atoms with E-state index in [1.54, 1.807) is 17.3 Å². The molecule has 2 aromatic carbocycles. The zero-order chi connectivity index (χ0) is 30.0. The van der Waals surface area contributed by atoms with Gasteiger partial charge in [0, 0.05) is 61.2 Å². The Labute approximate surface area is 249 Å². The van der Waals surface area contributed by atoms with Gasteiger partial charge in [-0.3, -0.25) is 9.88 Å². The van der Waals surface area contributed by atoms with E-state index in [1.165, 1.54) is 0 Å². The van der Waals surface area contributed by atoms with Crippen LogP contribution in [0.1, 0.15) is 28.5 Å². The van der Waals surface area contributed by atoms with Crippen molar-refractivity contribution in [2.24, 2.45) is 0 Å². The first-order valence-electron chi connectivity index (χ1n) is 13.9. The van der Waals surface area contributed by atoms with E-state index in [1.807, 2.05) is 59.5 Å². The minimum absolute atomic E-state index is 0.0653. The Kier molecular flexibility index (Phi) is 7.92. The maximum Gasteiger partial charge on any atom is 0.410 e. The van der Waals surface area contributed by atoms with Gasteiger partial charge in [0.15, 0.2) is 0 Å². The fourth-order valence-electron chi connectivity index (χ4n) is 5.61. The van der Waals surface area contributed by atoms with E-state index >= 15 is 0 Å². The summed E-state index contributed by atoms with van der Waals surface area (Å²) in [4.78, 5) is 33.5. The van der Waals surface area contributed by atoms with E-state index in [2.05, 4.69) is 19.8 Å². The Hall–Kier alpha value is -4.60. The van der Waals surface area contributed by atoms with Gasteiger partial charge in [0.2, 0.25) is 21.5 Å². The summed E-state index contributed by atoms with van der Waals surface area (Å²) in [5, 5.41) is 1.74. The molecule has 4 heterocycles. The average molecular weight is 599 g/mol. The topological polar surface area (TPSA) is 119 Å². The second-order valence-corrected chi connectivity index (χ2v) is 12.6. The van der Waals surface area contributed by atoms with Crippen LogP contribution in [0.15, 0.2) is 72.1 Å². The number of hydrogen-bond donors (Lipinski definition) is 0.